The van der Waals surface area contributed by atoms with Gasteiger partial charge in [0.1, 0.15) is 5.60 Å². The maximum Gasteiger partial charge on any atom is 0.412 e. The molecule has 5 nitrogen and oxygen atoms in total. The number of hydrogen-bond acceptors (Lipinski definition) is 3. The number of carboxylic acid groups (broad SMARTS) is 1. The van der Waals surface area contributed by atoms with Crippen molar-refractivity contribution in [1.29, 1.82) is 0 Å². The van der Waals surface area contributed by atoms with Crippen molar-refractivity contribution in [3.8, 4) is 0 Å². The second kappa shape index (κ2) is 5.23. The van der Waals surface area contributed by atoms with Gasteiger partial charge in [0.2, 0.25) is 0 Å². The highest BCUT2D eigenvalue weighted by molar-refractivity contribution is 5.88. The van der Waals surface area contributed by atoms with Crippen LogP contribution in [0.4, 0.5) is 19.3 Å². The molecular weight excluding hydrogens is 296 g/mol. The van der Waals surface area contributed by atoms with Gasteiger partial charge in [-0.05, 0) is 51.3 Å². The van der Waals surface area contributed by atoms with Gasteiger partial charge in [-0.25, -0.2) is 13.6 Å². The molecule has 1 saturated carbocycles. The van der Waals surface area contributed by atoms with Gasteiger partial charge >= 0.3 is 12.1 Å². The molecule has 120 valence electrons. The highest BCUT2D eigenvalue weighted by atomic mass is 19.2. The van der Waals surface area contributed by atoms with E-state index >= 15 is 0 Å². The standard InChI is InChI=1S/C15H17F2NO4/c1-14(2,3)22-13(21)18-10-7-8(6-9(16)11(10)17)15(4-5-15)12(19)20/h6-7H,4-5H2,1-3H3,(H,18,21)(H,19,20). The Hall–Kier alpha value is -2.18. The van der Waals surface area contributed by atoms with Crippen LogP contribution in [0.25, 0.3) is 0 Å². The number of rotatable bonds is 3. The molecule has 1 aliphatic carbocycles. The van der Waals surface area contributed by atoms with Crippen molar-refractivity contribution in [2.24, 2.45) is 0 Å². The van der Waals surface area contributed by atoms with Crippen molar-refractivity contribution in [3.05, 3.63) is 29.3 Å². The third-order valence-corrected chi connectivity index (χ3v) is 3.38. The summed E-state index contributed by atoms with van der Waals surface area (Å²) in [7, 11) is 0. The van der Waals surface area contributed by atoms with Crippen molar-refractivity contribution < 1.29 is 28.2 Å². The molecule has 1 aromatic carbocycles. The molecule has 1 aromatic rings. The Bertz CT molecular complexity index is 633. The smallest absolute Gasteiger partial charge is 0.412 e. The number of carbonyl (C=O) groups excluding carboxylic acids is 1. The molecule has 0 saturated heterocycles. The zero-order valence-corrected chi connectivity index (χ0v) is 12.5. The Morgan fingerprint density at radius 1 is 1.27 bits per heavy atom. The van der Waals surface area contributed by atoms with Gasteiger partial charge in [-0.3, -0.25) is 10.1 Å². The zero-order chi connectivity index (χ0) is 16.7. The highest BCUT2D eigenvalue weighted by Crippen LogP contribution is 2.49. The summed E-state index contributed by atoms with van der Waals surface area (Å²) < 4.78 is 32.5. The van der Waals surface area contributed by atoms with E-state index in [-0.39, 0.29) is 5.56 Å². The van der Waals surface area contributed by atoms with E-state index in [0.717, 1.165) is 12.1 Å². The Morgan fingerprint density at radius 3 is 2.32 bits per heavy atom. The maximum absolute atomic E-state index is 13.8. The first-order valence-electron chi connectivity index (χ1n) is 6.78. The SMILES string of the molecule is CC(C)(C)OC(=O)Nc1cc(C2(C(=O)O)CC2)cc(F)c1F. The molecule has 2 rings (SSSR count). The van der Waals surface area contributed by atoms with E-state index in [1.54, 1.807) is 20.8 Å². The van der Waals surface area contributed by atoms with Crippen molar-refractivity contribution in [2.75, 3.05) is 5.32 Å². The molecule has 7 heteroatoms. The van der Waals surface area contributed by atoms with Gasteiger partial charge in [-0.15, -0.1) is 0 Å². The van der Waals surface area contributed by atoms with Crippen LogP contribution in [-0.4, -0.2) is 22.8 Å². The van der Waals surface area contributed by atoms with Crippen LogP contribution in [-0.2, 0) is 14.9 Å². The van der Waals surface area contributed by atoms with E-state index in [0.29, 0.717) is 12.8 Å². The van der Waals surface area contributed by atoms with Gasteiger partial charge in [0.15, 0.2) is 11.6 Å². The normalized spacial score (nSPS) is 16.0. The molecule has 1 amide bonds. The van der Waals surface area contributed by atoms with E-state index in [2.05, 4.69) is 5.32 Å². The summed E-state index contributed by atoms with van der Waals surface area (Å²) in [6.07, 6.45) is -0.249. The molecule has 0 radical (unpaired) electrons. The Labute approximate surface area is 126 Å². The molecule has 0 aromatic heterocycles. The zero-order valence-electron chi connectivity index (χ0n) is 12.5. The minimum atomic E-state index is -1.25. The van der Waals surface area contributed by atoms with E-state index in [1.807, 2.05) is 0 Å². The summed E-state index contributed by atoms with van der Waals surface area (Å²) in [6.45, 7) is 4.89. The number of carboxylic acids is 1. The van der Waals surface area contributed by atoms with Crippen LogP contribution in [0.15, 0.2) is 12.1 Å². The van der Waals surface area contributed by atoms with Gasteiger partial charge in [0.05, 0.1) is 11.1 Å². The molecule has 0 atom stereocenters. The Morgan fingerprint density at radius 2 is 1.86 bits per heavy atom. The predicted molar refractivity (Wildman–Crippen MR) is 74.8 cm³/mol. The van der Waals surface area contributed by atoms with Crippen LogP contribution in [0.5, 0.6) is 0 Å². The van der Waals surface area contributed by atoms with Gasteiger partial charge in [0, 0.05) is 0 Å². The van der Waals surface area contributed by atoms with Crippen molar-refractivity contribution in [3.63, 3.8) is 0 Å². The first-order valence-corrected chi connectivity index (χ1v) is 6.78. The van der Waals surface area contributed by atoms with Crippen molar-refractivity contribution in [1.82, 2.24) is 0 Å². The fourth-order valence-corrected chi connectivity index (χ4v) is 2.12. The summed E-state index contributed by atoms with van der Waals surface area (Å²) in [4.78, 5) is 22.9. The lowest BCUT2D eigenvalue weighted by molar-refractivity contribution is -0.140. The van der Waals surface area contributed by atoms with Crippen LogP contribution in [0, 0.1) is 11.6 Å². The lowest BCUT2D eigenvalue weighted by Gasteiger charge is -2.20. The minimum Gasteiger partial charge on any atom is -0.481 e. The second-order valence-electron chi connectivity index (χ2n) is 6.33. The van der Waals surface area contributed by atoms with Crippen LogP contribution < -0.4 is 5.32 Å². The molecule has 22 heavy (non-hydrogen) atoms. The monoisotopic (exact) mass is 313 g/mol. The predicted octanol–water partition coefficient (Wildman–Crippen LogP) is 3.43. The fourth-order valence-electron chi connectivity index (χ4n) is 2.12. The van der Waals surface area contributed by atoms with Crippen LogP contribution >= 0.6 is 0 Å². The first kappa shape index (κ1) is 16.2. The molecule has 1 fully saturated rings. The topological polar surface area (TPSA) is 75.6 Å². The van der Waals surface area contributed by atoms with Gasteiger partial charge in [-0.1, -0.05) is 0 Å². The third kappa shape index (κ3) is 3.18. The number of anilines is 1. The lowest BCUT2D eigenvalue weighted by atomic mass is 9.95. The quantitative estimate of drug-likeness (QED) is 0.896. The highest BCUT2D eigenvalue weighted by Gasteiger charge is 2.52. The summed E-state index contributed by atoms with van der Waals surface area (Å²) in [5, 5.41) is 11.3. The minimum absolute atomic E-state index is 0.130. The molecule has 0 aliphatic heterocycles. The molecule has 0 spiro atoms. The largest absolute Gasteiger partial charge is 0.481 e. The summed E-state index contributed by atoms with van der Waals surface area (Å²) >= 11 is 0. The Kier molecular flexibility index (Phi) is 3.85. The average Bonchev–Trinajstić information content (AvgIpc) is 3.13. The van der Waals surface area contributed by atoms with E-state index in [9.17, 15) is 23.5 Å². The Balaban J connectivity index is 2.30. The first-order chi connectivity index (χ1) is 10.0. The van der Waals surface area contributed by atoms with Crippen molar-refractivity contribution >= 4 is 17.7 Å². The fraction of sp³-hybridized carbons (Fsp3) is 0.467. The molecule has 0 bridgehead atoms. The molecule has 1 aliphatic rings. The summed E-state index contributed by atoms with van der Waals surface area (Å²) in [5.74, 6) is -3.56. The maximum atomic E-state index is 13.8. The van der Waals surface area contributed by atoms with E-state index in [1.165, 1.54) is 0 Å². The molecule has 0 unspecified atom stereocenters. The van der Waals surface area contributed by atoms with Gasteiger partial charge < -0.3 is 9.84 Å². The van der Waals surface area contributed by atoms with Crippen LogP contribution in [0.1, 0.15) is 39.2 Å². The van der Waals surface area contributed by atoms with Crippen LogP contribution in [0.3, 0.4) is 0 Å². The molecular formula is C15H17F2NO4. The summed E-state index contributed by atoms with van der Waals surface area (Å²) in [6, 6.07) is 2.00. The van der Waals surface area contributed by atoms with E-state index in [4.69, 9.17) is 4.74 Å². The van der Waals surface area contributed by atoms with Crippen LogP contribution in [0.2, 0.25) is 0 Å². The average molecular weight is 313 g/mol. The number of benzene rings is 1. The third-order valence-electron chi connectivity index (χ3n) is 3.38. The van der Waals surface area contributed by atoms with Crippen molar-refractivity contribution in [2.45, 2.75) is 44.6 Å². The molecule has 2 N–H and O–H groups in total. The number of carbonyl (C=O) groups is 2. The van der Waals surface area contributed by atoms with E-state index < -0.39 is 40.4 Å². The number of aliphatic carboxylic acids is 1. The second-order valence-corrected chi connectivity index (χ2v) is 6.33. The number of nitrogens with one attached hydrogen (secondary N) is 1. The number of halogens is 2. The number of ether oxygens (including phenoxy) is 1. The van der Waals surface area contributed by atoms with Gasteiger partial charge in [-0.2, -0.15) is 0 Å². The number of amides is 1. The molecule has 0 heterocycles. The lowest BCUT2D eigenvalue weighted by Crippen LogP contribution is -2.28. The van der Waals surface area contributed by atoms with Gasteiger partial charge in [0.25, 0.3) is 0 Å². The number of hydrogen-bond donors (Lipinski definition) is 2. The summed E-state index contributed by atoms with van der Waals surface area (Å²) in [5.41, 5.74) is -2.30.